The van der Waals surface area contributed by atoms with Crippen LogP contribution in [0.1, 0.15) is 0 Å². The van der Waals surface area contributed by atoms with Crippen molar-refractivity contribution in [1.82, 2.24) is 0 Å². The molecular formula is C12H9Cl2FN2. The Balaban J connectivity index is 2.38. The van der Waals surface area contributed by atoms with E-state index in [0.29, 0.717) is 27.1 Å². The molecule has 0 fully saturated rings. The number of hydrogen-bond donors (Lipinski definition) is 2. The van der Waals surface area contributed by atoms with Gasteiger partial charge in [-0.2, -0.15) is 0 Å². The first-order valence-corrected chi connectivity index (χ1v) is 5.59. The average molecular weight is 271 g/mol. The standard InChI is InChI=1S/C12H9Cl2FN2/c13-7-4-8(15)6-9(5-7)17-12-10(14)2-1-3-11(12)16/h1-6,17H,16H2. The van der Waals surface area contributed by atoms with E-state index in [4.69, 9.17) is 28.9 Å². The van der Waals surface area contributed by atoms with E-state index in [1.54, 1.807) is 24.3 Å². The molecule has 0 radical (unpaired) electrons. The van der Waals surface area contributed by atoms with E-state index in [1.165, 1.54) is 12.1 Å². The summed E-state index contributed by atoms with van der Waals surface area (Å²) >= 11 is 11.7. The highest BCUT2D eigenvalue weighted by molar-refractivity contribution is 6.34. The third kappa shape index (κ3) is 2.81. The SMILES string of the molecule is Nc1cccc(Cl)c1Nc1cc(F)cc(Cl)c1. The Morgan fingerprint density at radius 2 is 1.88 bits per heavy atom. The molecule has 5 heteroatoms. The third-order valence-corrected chi connectivity index (χ3v) is 2.71. The van der Waals surface area contributed by atoms with Gasteiger partial charge in [-0.1, -0.05) is 29.3 Å². The first kappa shape index (κ1) is 12.0. The van der Waals surface area contributed by atoms with Gasteiger partial charge in [0, 0.05) is 10.7 Å². The van der Waals surface area contributed by atoms with E-state index < -0.39 is 5.82 Å². The fraction of sp³-hybridized carbons (Fsp3) is 0. The molecule has 0 unspecified atom stereocenters. The maximum Gasteiger partial charge on any atom is 0.126 e. The molecule has 0 aliphatic carbocycles. The highest BCUT2D eigenvalue weighted by atomic mass is 35.5. The summed E-state index contributed by atoms with van der Waals surface area (Å²) in [7, 11) is 0. The molecule has 0 bridgehead atoms. The minimum atomic E-state index is -0.425. The van der Waals surface area contributed by atoms with Crippen LogP contribution >= 0.6 is 23.2 Å². The number of hydrogen-bond acceptors (Lipinski definition) is 2. The van der Waals surface area contributed by atoms with Gasteiger partial charge in [0.2, 0.25) is 0 Å². The van der Waals surface area contributed by atoms with Crippen LogP contribution in [-0.4, -0.2) is 0 Å². The normalized spacial score (nSPS) is 10.3. The van der Waals surface area contributed by atoms with E-state index in [-0.39, 0.29) is 0 Å². The van der Waals surface area contributed by atoms with Gasteiger partial charge >= 0.3 is 0 Å². The predicted molar refractivity (Wildman–Crippen MR) is 70.6 cm³/mol. The minimum absolute atomic E-state index is 0.304. The highest BCUT2D eigenvalue weighted by Crippen LogP contribution is 2.31. The Labute approximate surface area is 108 Å². The van der Waals surface area contributed by atoms with Crippen LogP contribution in [0, 0.1) is 5.82 Å². The lowest BCUT2D eigenvalue weighted by Gasteiger charge is -2.11. The molecule has 2 aromatic rings. The van der Waals surface area contributed by atoms with Crippen molar-refractivity contribution in [3.05, 3.63) is 52.3 Å². The van der Waals surface area contributed by atoms with Crippen LogP contribution in [0.3, 0.4) is 0 Å². The first-order valence-electron chi connectivity index (χ1n) is 4.83. The van der Waals surface area contributed by atoms with Gasteiger partial charge in [-0.25, -0.2) is 4.39 Å². The molecule has 2 aromatic carbocycles. The molecule has 0 aromatic heterocycles. The summed E-state index contributed by atoms with van der Waals surface area (Å²) in [4.78, 5) is 0. The summed E-state index contributed by atoms with van der Waals surface area (Å²) < 4.78 is 13.1. The molecule has 0 saturated carbocycles. The lowest BCUT2D eigenvalue weighted by Crippen LogP contribution is -1.97. The van der Waals surface area contributed by atoms with Gasteiger partial charge in [0.1, 0.15) is 5.82 Å². The van der Waals surface area contributed by atoms with E-state index in [0.717, 1.165) is 0 Å². The summed E-state index contributed by atoms with van der Waals surface area (Å²) in [5, 5.41) is 3.71. The zero-order valence-corrected chi connectivity index (χ0v) is 10.2. The summed E-state index contributed by atoms with van der Waals surface area (Å²) in [6.45, 7) is 0. The molecule has 0 saturated heterocycles. The van der Waals surface area contributed by atoms with Crippen molar-refractivity contribution in [3.8, 4) is 0 Å². The first-order chi connectivity index (χ1) is 8.06. The van der Waals surface area contributed by atoms with E-state index in [1.807, 2.05) is 0 Å². The Bertz CT molecular complexity index is 518. The second-order valence-electron chi connectivity index (χ2n) is 3.49. The smallest absolute Gasteiger partial charge is 0.126 e. The van der Waals surface area contributed by atoms with Crippen molar-refractivity contribution < 1.29 is 4.39 Å². The van der Waals surface area contributed by atoms with Crippen LogP contribution in [0.15, 0.2) is 36.4 Å². The number of benzene rings is 2. The molecule has 88 valence electrons. The van der Waals surface area contributed by atoms with Crippen LogP contribution < -0.4 is 11.1 Å². The Morgan fingerprint density at radius 3 is 2.53 bits per heavy atom. The van der Waals surface area contributed by atoms with Gasteiger partial charge in [0.05, 0.1) is 16.4 Å². The Kier molecular flexibility index (Phi) is 3.41. The van der Waals surface area contributed by atoms with Crippen LogP contribution in [0.25, 0.3) is 0 Å². The number of nitrogens with two attached hydrogens (primary N) is 1. The maximum atomic E-state index is 13.1. The second kappa shape index (κ2) is 4.82. The fourth-order valence-corrected chi connectivity index (χ4v) is 1.89. The minimum Gasteiger partial charge on any atom is -0.397 e. The zero-order valence-electron chi connectivity index (χ0n) is 8.68. The number of anilines is 3. The topological polar surface area (TPSA) is 38.0 Å². The van der Waals surface area contributed by atoms with Crippen LogP contribution in [0.5, 0.6) is 0 Å². The third-order valence-electron chi connectivity index (χ3n) is 2.18. The fourth-order valence-electron chi connectivity index (χ4n) is 1.44. The molecule has 0 amide bonds. The summed E-state index contributed by atoms with van der Waals surface area (Å²) in [6, 6.07) is 9.27. The molecule has 0 aliphatic heterocycles. The molecule has 0 atom stereocenters. The Hall–Kier alpha value is -1.45. The van der Waals surface area contributed by atoms with Gasteiger partial charge in [-0.3, -0.25) is 0 Å². The van der Waals surface area contributed by atoms with Crippen molar-refractivity contribution in [1.29, 1.82) is 0 Å². The van der Waals surface area contributed by atoms with Crippen LogP contribution in [0.4, 0.5) is 21.5 Å². The van der Waals surface area contributed by atoms with Crippen molar-refractivity contribution in [2.75, 3.05) is 11.1 Å². The molecular weight excluding hydrogens is 262 g/mol. The summed E-state index contributed by atoms with van der Waals surface area (Å²) in [5.41, 5.74) is 7.29. The summed E-state index contributed by atoms with van der Waals surface area (Å²) in [6.07, 6.45) is 0. The number of para-hydroxylation sites is 1. The number of nitrogens with one attached hydrogen (secondary N) is 1. The van der Waals surface area contributed by atoms with Gasteiger partial charge in [0.25, 0.3) is 0 Å². The molecule has 3 N–H and O–H groups in total. The highest BCUT2D eigenvalue weighted by Gasteiger charge is 2.06. The van der Waals surface area contributed by atoms with Crippen molar-refractivity contribution in [2.45, 2.75) is 0 Å². The number of nitrogen functional groups attached to an aromatic ring is 1. The van der Waals surface area contributed by atoms with Gasteiger partial charge in [-0.05, 0) is 30.3 Å². The van der Waals surface area contributed by atoms with E-state index in [9.17, 15) is 4.39 Å². The summed E-state index contributed by atoms with van der Waals surface area (Å²) in [5.74, 6) is -0.425. The number of rotatable bonds is 2. The predicted octanol–water partition coefficient (Wildman–Crippen LogP) is 4.46. The lowest BCUT2D eigenvalue weighted by molar-refractivity contribution is 0.628. The molecule has 2 nitrogen and oxygen atoms in total. The number of halogens is 3. The monoisotopic (exact) mass is 270 g/mol. The van der Waals surface area contributed by atoms with Crippen molar-refractivity contribution in [3.63, 3.8) is 0 Å². The van der Waals surface area contributed by atoms with Gasteiger partial charge < -0.3 is 11.1 Å². The van der Waals surface area contributed by atoms with Crippen molar-refractivity contribution in [2.24, 2.45) is 0 Å². The second-order valence-corrected chi connectivity index (χ2v) is 4.33. The average Bonchev–Trinajstić information content (AvgIpc) is 2.22. The van der Waals surface area contributed by atoms with Crippen LogP contribution in [-0.2, 0) is 0 Å². The molecule has 2 rings (SSSR count). The van der Waals surface area contributed by atoms with E-state index in [2.05, 4.69) is 5.32 Å². The molecule has 0 aliphatic rings. The van der Waals surface area contributed by atoms with Gasteiger partial charge in [0.15, 0.2) is 0 Å². The maximum absolute atomic E-state index is 13.1. The van der Waals surface area contributed by atoms with Crippen LogP contribution in [0.2, 0.25) is 10.0 Å². The quantitative estimate of drug-likeness (QED) is 0.791. The molecule has 0 heterocycles. The Morgan fingerprint density at radius 1 is 1.12 bits per heavy atom. The van der Waals surface area contributed by atoms with Crippen molar-refractivity contribution >= 4 is 40.3 Å². The van der Waals surface area contributed by atoms with E-state index >= 15 is 0 Å². The molecule has 17 heavy (non-hydrogen) atoms. The largest absolute Gasteiger partial charge is 0.397 e. The molecule has 0 spiro atoms. The van der Waals surface area contributed by atoms with Gasteiger partial charge in [-0.15, -0.1) is 0 Å². The zero-order chi connectivity index (χ0) is 12.4. The lowest BCUT2D eigenvalue weighted by atomic mass is 10.2.